The van der Waals surface area contributed by atoms with Crippen molar-refractivity contribution in [1.29, 1.82) is 0 Å². The third kappa shape index (κ3) is 2.81. The molecular weight excluding hydrogens is 290 g/mol. The Kier molecular flexibility index (Phi) is 3.85. The molecule has 1 aromatic heterocycles. The molecule has 0 aliphatic rings. The van der Waals surface area contributed by atoms with Gasteiger partial charge in [0.2, 0.25) is 5.43 Å². The van der Waals surface area contributed by atoms with Crippen LogP contribution in [0.1, 0.15) is 15.9 Å². The van der Waals surface area contributed by atoms with Gasteiger partial charge in [-0.3, -0.25) is 9.59 Å². The number of hydrogen-bond acceptors (Lipinski definition) is 3. The van der Waals surface area contributed by atoms with Gasteiger partial charge in [-0.15, -0.1) is 0 Å². The van der Waals surface area contributed by atoms with Crippen LogP contribution in [0.3, 0.4) is 0 Å². The number of nitrogens with two attached hydrogens (primary N) is 2. The highest BCUT2D eigenvalue weighted by Gasteiger charge is 2.14. The normalized spacial score (nSPS) is 10.8. The quantitative estimate of drug-likeness (QED) is 0.721. The second-order valence-electron chi connectivity index (χ2n) is 5.41. The Morgan fingerprint density at radius 1 is 1.04 bits per heavy atom. The molecule has 0 atom stereocenters. The van der Waals surface area contributed by atoms with Gasteiger partial charge in [-0.25, -0.2) is 0 Å². The number of carbonyl (C=O) groups excluding carboxylic acids is 1. The van der Waals surface area contributed by atoms with Crippen LogP contribution in [0.15, 0.2) is 59.5 Å². The van der Waals surface area contributed by atoms with Gasteiger partial charge in [0.05, 0.1) is 10.9 Å². The van der Waals surface area contributed by atoms with Crippen molar-refractivity contribution in [2.24, 2.45) is 5.73 Å². The largest absolute Gasteiger partial charge is 0.398 e. The Hall–Kier alpha value is -3.08. The first-order chi connectivity index (χ1) is 11.1. The van der Waals surface area contributed by atoms with Crippen molar-refractivity contribution in [3.63, 3.8) is 0 Å². The van der Waals surface area contributed by atoms with Gasteiger partial charge in [-0.1, -0.05) is 36.4 Å². The molecule has 0 aliphatic carbocycles. The van der Waals surface area contributed by atoms with Crippen molar-refractivity contribution in [3.8, 4) is 0 Å². The number of hydrogen-bond donors (Lipinski definition) is 2. The molecule has 0 aliphatic heterocycles. The van der Waals surface area contributed by atoms with Gasteiger partial charge in [0.1, 0.15) is 5.56 Å². The maximum atomic E-state index is 12.4. The van der Waals surface area contributed by atoms with E-state index in [0.717, 1.165) is 6.42 Å². The average Bonchev–Trinajstić information content (AvgIpc) is 2.55. The number of amides is 1. The Bertz CT molecular complexity index is 930. The highest BCUT2D eigenvalue weighted by atomic mass is 16.2. The van der Waals surface area contributed by atoms with Gasteiger partial charge < -0.3 is 16.0 Å². The molecule has 2 aromatic carbocycles. The number of nitrogens with zero attached hydrogens (tertiary/aromatic N) is 1. The lowest BCUT2D eigenvalue weighted by atomic mass is 10.1. The minimum atomic E-state index is -0.742. The van der Waals surface area contributed by atoms with Crippen molar-refractivity contribution in [1.82, 2.24) is 4.57 Å². The molecule has 3 aromatic rings. The summed E-state index contributed by atoms with van der Waals surface area (Å²) in [7, 11) is 0. The number of nitrogen functional groups attached to an aromatic ring is 1. The SMILES string of the molecule is NC(=O)c1cn(CCc2ccccc2)c2cccc(N)c2c1=O. The number of fused-ring (bicyclic) bond motifs is 1. The van der Waals surface area contributed by atoms with E-state index < -0.39 is 11.3 Å². The Morgan fingerprint density at radius 2 is 1.78 bits per heavy atom. The third-order valence-electron chi connectivity index (χ3n) is 3.89. The average molecular weight is 307 g/mol. The van der Waals surface area contributed by atoms with Crippen molar-refractivity contribution in [3.05, 3.63) is 76.1 Å². The van der Waals surface area contributed by atoms with Crippen molar-refractivity contribution >= 4 is 22.5 Å². The van der Waals surface area contributed by atoms with Crippen LogP contribution in [-0.2, 0) is 13.0 Å². The van der Waals surface area contributed by atoms with E-state index in [0.29, 0.717) is 23.1 Å². The molecule has 5 heteroatoms. The molecular formula is C18H17N3O2. The summed E-state index contributed by atoms with van der Waals surface area (Å²) in [6, 6.07) is 15.3. The Balaban J connectivity index is 2.12. The number of anilines is 1. The van der Waals surface area contributed by atoms with E-state index in [9.17, 15) is 9.59 Å². The van der Waals surface area contributed by atoms with Crippen molar-refractivity contribution < 1.29 is 4.79 Å². The van der Waals surface area contributed by atoms with Gasteiger partial charge in [0.25, 0.3) is 5.91 Å². The summed E-state index contributed by atoms with van der Waals surface area (Å²) >= 11 is 0. The minimum absolute atomic E-state index is 0.0385. The predicted octanol–water partition coefficient (Wildman–Crippen LogP) is 1.93. The van der Waals surface area contributed by atoms with E-state index in [2.05, 4.69) is 0 Å². The summed E-state index contributed by atoms with van der Waals surface area (Å²) in [4.78, 5) is 24.0. The smallest absolute Gasteiger partial charge is 0.254 e. The lowest BCUT2D eigenvalue weighted by Gasteiger charge is -2.13. The van der Waals surface area contributed by atoms with Crippen molar-refractivity contribution in [2.75, 3.05) is 5.73 Å². The molecule has 1 heterocycles. The van der Waals surface area contributed by atoms with Crippen molar-refractivity contribution in [2.45, 2.75) is 13.0 Å². The van der Waals surface area contributed by atoms with Gasteiger partial charge >= 0.3 is 0 Å². The number of pyridine rings is 1. The van der Waals surface area contributed by atoms with Crippen LogP contribution in [0.4, 0.5) is 5.69 Å². The number of carbonyl (C=O) groups is 1. The van der Waals surface area contributed by atoms with E-state index in [1.165, 1.54) is 11.8 Å². The zero-order valence-electron chi connectivity index (χ0n) is 12.5. The molecule has 23 heavy (non-hydrogen) atoms. The van der Waals surface area contributed by atoms with Crippen LogP contribution >= 0.6 is 0 Å². The summed E-state index contributed by atoms with van der Waals surface area (Å²) in [5.74, 6) is -0.742. The maximum absolute atomic E-state index is 12.4. The molecule has 0 radical (unpaired) electrons. The maximum Gasteiger partial charge on any atom is 0.254 e. The Labute approximate surface area is 133 Å². The van der Waals surface area contributed by atoms with E-state index in [1.807, 2.05) is 41.0 Å². The second kappa shape index (κ2) is 5.96. The fourth-order valence-electron chi connectivity index (χ4n) is 2.72. The highest BCUT2D eigenvalue weighted by Crippen LogP contribution is 2.19. The summed E-state index contributed by atoms with van der Waals surface area (Å²) in [5.41, 5.74) is 13.0. The second-order valence-corrected chi connectivity index (χ2v) is 5.41. The van der Waals surface area contributed by atoms with Crippen LogP contribution in [0.2, 0.25) is 0 Å². The summed E-state index contributed by atoms with van der Waals surface area (Å²) in [6.45, 7) is 0.616. The lowest BCUT2D eigenvalue weighted by Crippen LogP contribution is -2.25. The molecule has 0 bridgehead atoms. The van der Waals surface area contributed by atoms with Gasteiger partial charge in [0.15, 0.2) is 0 Å². The molecule has 0 spiro atoms. The molecule has 0 saturated heterocycles. The van der Waals surface area contributed by atoms with Crippen LogP contribution in [-0.4, -0.2) is 10.5 Å². The van der Waals surface area contributed by atoms with E-state index >= 15 is 0 Å². The molecule has 116 valence electrons. The van der Waals surface area contributed by atoms with Gasteiger partial charge in [-0.05, 0) is 24.1 Å². The zero-order chi connectivity index (χ0) is 16.4. The number of benzene rings is 2. The summed E-state index contributed by atoms with van der Waals surface area (Å²) in [6.07, 6.45) is 2.29. The van der Waals surface area contributed by atoms with Gasteiger partial charge in [0, 0.05) is 18.4 Å². The molecule has 0 unspecified atom stereocenters. The topological polar surface area (TPSA) is 91.1 Å². The van der Waals surface area contributed by atoms with E-state index in [-0.39, 0.29) is 5.56 Å². The molecule has 4 N–H and O–H groups in total. The number of aryl methyl sites for hydroxylation is 2. The number of aromatic nitrogens is 1. The Morgan fingerprint density at radius 3 is 2.48 bits per heavy atom. The number of rotatable bonds is 4. The number of primary amides is 1. The molecule has 0 saturated carbocycles. The van der Waals surface area contributed by atoms with Crippen LogP contribution in [0.5, 0.6) is 0 Å². The van der Waals surface area contributed by atoms with Gasteiger partial charge in [-0.2, -0.15) is 0 Å². The summed E-state index contributed by atoms with van der Waals surface area (Å²) < 4.78 is 1.86. The van der Waals surface area contributed by atoms with E-state index in [1.54, 1.807) is 12.1 Å². The molecule has 0 fully saturated rings. The van der Waals surface area contributed by atoms with Crippen LogP contribution in [0.25, 0.3) is 10.9 Å². The fraction of sp³-hybridized carbons (Fsp3) is 0.111. The fourth-order valence-corrected chi connectivity index (χ4v) is 2.72. The van der Waals surface area contributed by atoms with Crippen LogP contribution in [0, 0.1) is 0 Å². The molecule has 3 rings (SSSR count). The van der Waals surface area contributed by atoms with Crippen LogP contribution < -0.4 is 16.9 Å². The monoisotopic (exact) mass is 307 g/mol. The molecule has 1 amide bonds. The third-order valence-corrected chi connectivity index (χ3v) is 3.89. The van der Waals surface area contributed by atoms with E-state index in [4.69, 9.17) is 11.5 Å². The lowest BCUT2D eigenvalue weighted by molar-refractivity contribution is 0.0999. The minimum Gasteiger partial charge on any atom is -0.398 e. The predicted molar refractivity (Wildman–Crippen MR) is 91.3 cm³/mol. The molecule has 5 nitrogen and oxygen atoms in total. The first kappa shape index (κ1) is 14.8. The first-order valence-electron chi connectivity index (χ1n) is 7.33. The zero-order valence-corrected chi connectivity index (χ0v) is 12.5. The standard InChI is InChI=1S/C18H17N3O2/c19-14-7-4-8-15-16(14)17(22)13(18(20)23)11-21(15)10-9-12-5-2-1-3-6-12/h1-8,11H,9-10,19H2,(H2,20,23). The highest BCUT2D eigenvalue weighted by molar-refractivity contribution is 5.99. The summed E-state index contributed by atoms with van der Waals surface area (Å²) in [5, 5.41) is 0.344. The first-order valence-corrected chi connectivity index (χ1v) is 7.33.